The summed E-state index contributed by atoms with van der Waals surface area (Å²) in [6.07, 6.45) is 0. The first-order valence-electron chi connectivity index (χ1n) is 6.19. The molecule has 2 aromatic rings. The van der Waals surface area contributed by atoms with Crippen LogP contribution in [0.15, 0.2) is 18.2 Å². The van der Waals surface area contributed by atoms with Crippen LogP contribution in [0, 0.1) is 11.3 Å². The molecule has 1 heterocycles. The summed E-state index contributed by atoms with van der Waals surface area (Å²) in [6, 6.07) is 8.10. The molecule has 0 fully saturated rings. The van der Waals surface area contributed by atoms with Crippen molar-refractivity contribution in [3.8, 4) is 6.07 Å². The highest BCUT2D eigenvalue weighted by atomic mass is 35.5. The van der Waals surface area contributed by atoms with Crippen LogP contribution in [-0.4, -0.2) is 35.1 Å². The number of alkyl halides is 1. The Morgan fingerprint density at radius 2 is 2.21 bits per heavy atom. The number of imidazole rings is 1. The Labute approximate surface area is 118 Å². The first-order valence-corrected chi connectivity index (χ1v) is 6.72. The Morgan fingerprint density at radius 1 is 1.47 bits per heavy atom. The van der Waals surface area contributed by atoms with Crippen molar-refractivity contribution in [1.82, 2.24) is 14.5 Å². The van der Waals surface area contributed by atoms with E-state index in [1.807, 2.05) is 26.2 Å². The highest BCUT2D eigenvalue weighted by Crippen LogP contribution is 2.25. The number of halogens is 1. The minimum Gasteiger partial charge on any atom is -0.323 e. The normalized spacial score (nSPS) is 12.8. The molecule has 1 atom stereocenters. The zero-order valence-electron chi connectivity index (χ0n) is 11.4. The number of likely N-dealkylation sites (N-methyl/N-ethyl adjacent to an activating group) is 1. The van der Waals surface area contributed by atoms with Crippen LogP contribution < -0.4 is 0 Å². The minimum absolute atomic E-state index is 0.252. The minimum atomic E-state index is 0.252. The molecular weight excluding hydrogens is 260 g/mol. The molecule has 0 radical (unpaired) electrons. The fraction of sp³-hybridized carbons (Fsp3) is 0.429. The predicted octanol–water partition coefficient (Wildman–Crippen LogP) is 2.77. The molecule has 0 aliphatic carbocycles. The Morgan fingerprint density at radius 3 is 2.79 bits per heavy atom. The van der Waals surface area contributed by atoms with Gasteiger partial charge in [-0.15, -0.1) is 11.6 Å². The molecule has 4 nitrogen and oxygen atoms in total. The van der Waals surface area contributed by atoms with Gasteiger partial charge < -0.3 is 9.47 Å². The molecule has 0 spiro atoms. The Balaban J connectivity index is 2.62. The zero-order valence-corrected chi connectivity index (χ0v) is 12.1. The summed E-state index contributed by atoms with van der Waals surface area (Å²) in [7, 11) is 4.08. The molecule has 0 aliphatic heterocycles. The van der Waals surface area contributed by atoms with Gasteiger partial charge in [-0.25, -0.2) is 4.98 Å². The largest absolute Gasteiger partial charge is 0.323 e. The fourth-order valence-corrected chi connectivity index (χ4v) is 2.64. The SMILES string of the molecule is CC(CN(C)C)n1c(CCl)nc2c(C#N)cccc21. The lowest BCUT2D eigenvalue weighted by molar-refractivity contribution is 0.337. The molecule has 2 rings (SSSR count). The van der Waals surface area contributed by atoms with Crippen molar-refractivity contribution in [3.63, 3.8) is 0 Å². The monoisotopic (exact) mass is 276 g/mol. The first-order chi connectivity index (χ1) is 9.08. The van der Waals surface area contributed by atoms with Crippen LogP contribution in [0.4, 0.5) is 0 Å². The van der Waals surface area contributed by atoms with Crippen LogP contribution in [0.5, 0.6) is 0 Å². The second kappa shape index (κ2) is 5.60. The van der Waals surface area contributed by atoms with E-state index in [2.05, 4.69) is 27.4 Å². The molecule has 5 heteroatoms. The molecule has 1 aromatic heterocycles. The molecule has 19 heavy (non-hydrogen) atoms. The van der Waals surface area contributed by atoms with Crippen molar-refractivity contribution in [3.05, 3.63) is 29.6 Å². The van der Waals surface area contributed by atoms with Crippen LogP contribution in [0.2, 0.25) is 0 Å². The van der Waals surface area contributed by atoms with Crippen LogP contribution >= 0.6 is 11.6 Å². The maximum atomic E-state index is 9.15. The number of fused-ring (bicyclic) bond motifs is 1. The lowest BCUT2D eigenvalue weighted by atomic mass is 10.2. The van der Waals surface area contributed by atoms with Crippen molar-refractivity contribution >= 4 is 22.6 Å². The van der Waals surface area contributed by atoms with E-state index in [1.54, 1.807) is 6.07 Å². The molecule has 0 aliphatic rings. The molecular formula is C14H17ClN4. The third-order valence-electron chi connectivity index (χ3n) is 3.10. The van der Waals surface area contributed by atoms with Gasteiger partial charge in [0, 0.05) is 12.6 Å². The number of rotatable bonds is 4. The summed E-state index contributed by atoms with van der Waals surface area (Å²) in [4.78, 5) is 6.65. The van der Waals surface area contributed by atoms with E-state index in [-0.39, 0.29) is 6.04 Å². The van der Waals surface area contributed by atoms with E-state index in [0.717, 1.165) is 23.4 Å². The van der Waals surface area contributed by atoms with Crippen LogP contribution in [-0.2, 0) is 5.88 Å². The fourth-order valence-electron chi connectivity index (χ4n) is 2.45. The Hall–Kier alpha value is -1.57. The predicted molar refractivity (Wildman–Crippen MR) is 77.3 cm³/mol. The second-order valence-corrected chi connectivity index (χ2v) is 5.20. The highest BCUT2D eigenvalue weighted by molar-refractivity contribution is 6.16. The second-order valence-electron chi connectivity index (χ2n) is 4.93. The van der Waals surface area contributed by atoms with Crippen LogP contribution in [0.1, 0.15) is 24.4 Å². The number of hydrogen-bond donors (Lipinski definition) is 0. The van der Waals surface area contributed by atoms with E-state index in [0.29, 0.717) is 11.4 Å². The number of hydrogen-bond acceptors (Lipinski definition) is 3. The third kappa shape index (κ3) is 2.58. The van der Waals surface area contributed by atoms with Crippen molar-refractivity contribution < 1.29 is 0 Å². The summed E-state index contributed by atoms with van der Waals surface area (Å²) in [5.41, 5.74) is 2.31. The molecule has 0 N–H and O–H groups in total. The van der Waals surface area contributed by atoms with Gasteiger partial charge in [-0.3, -0.25) is 0 Å². The van der Waals surface area contributed by atoms with Crippen molar-refractivity contribution in [1.29, 1.82) is 5.26 Å². The third-order valence-corrected chi connectivity index (χ3v) is 3.34. The molecule has 100 valence electrons. The van der Waals surface area contributed by atoms with Crippen LogP contribution in [0.3, 0.4) is 0 Å². The first kappa shape index (κ1) is 13.9. The Bertz CT molecular complexity index is 624. The average molecular weight is 277 g/mol. The summed E-state index contributed by atoms with van der Waals surface area (Å²) < 4.78 is 2.13. The van der Waals surface area contributed by atoms with Gasteiger partial charge in [0.15, 0.2) is 0 Å². The van der Waals surface area contributed by atoms with Gasteiger partial charge in [-0.1, -0.05) is 6.07 Å². The maximum absolute atomic E-state index is 9.15. The van der Waals surface area contributed by atoms with Crippen molar-refractivity contribution in [2.75, 3.05) is 20.6 Å². The Kier molecular flexibility index (Phi) is 4.08. The van der Waals surface area contributed by atoms with E-state index < -0.39 is 0 Å². The quantitative estimate of drug-likeness (QED) is 0.807. The van der Waals surface area contributed by atoms with E-state index in [9.17, 15) is 0 Å². The highest BCUT2D eigenvalue weighted by Gasteiger charge is 2.17. The maximum Gasteiger partial charge on any atom is 0.125 e. The lowest BCUT2D eigenvalue weighted by Gasteiger charge is -2.20. The van der Waals surface area contributed by atoms with Gasteiger partial charge in [-0.2, -0.15) is 5.26 Å². The number of aromatic nitrogens is 2. The summed E-state index contributed by atoms with van der Waals surface area (Å²) in [5.74, 6) is 1.16. The van der Waals surface area contributed by atoms with Gasteiger partial charge in [0.1, 0.15) is 17.4 Å². The van der Waals surface area contributed by atoms with Gasteiger partial charge in [0.05, 0.1) is 17.0 Å². The van der Waals surface area contributed by atoms with E-state index in [4.69, 9.17) is 16.9 Å². The topological polar surface area (TPSA) is 44.9 Å². The van der Waals surface area contributed by atoms with Gasteiger partial charge >= 0.3 is 0 Å². The molecule has 0 bridgehead atoms. The molecule has 0 saturated heterocycles. The standard InChI is InChI=1S/C14H17ClN4/c1-10(9-18(2)3)19-12-6-4-5-11(8-16)14(12)17-13(19)7-15/h4-6,10H,7,9H2,1-3H3. The number of para-hydroxylation sites is 1. The molecule has 0 saturated carbocycles. The van der Waals surface area contributed by atoms with Gasteiger partial charge in [-0.05, 0) is 33.2 Å². The van der Waals surface area contributed by atoms with Crippen LogP contribution in [0.25, 0.3) is 11.0 Å². The van der Waals surface area contributed by atoms with Crippen molar-refractivity contribution in [2.45, 2.75) is 18.8 Å². The summed E-state index contributed by atoms with van der Waals surface area (Å²) >= 11 is 6.00. The average Bonchev–Trinajstić information content (AvgIpc) is 2.75. The summed E-state index contributed by atoms with van der Waals surface area (Å²) in [6.45, 7) is 3.03. The molecule has 1 aromatic carbocycles. The number of benzene rings is 1. The van der Waals surface area contributed by atoms with E-state index >= 15 is 0 Å². The molecule has 0 amide bonds. The van der Waals surface area contributed by atoms with Gasteiger partial charge in [0.25, 0.3) is 0 Å². The van der Waals surface area contributed by atoms with Crippen molar-refractivity contribution in [2.24, 2.45) is 0 Å². The molecule has 1 unspecified atom stereocenters. The smallest absolute Gasteiger partial charge is 0.125 e. The van der Waals surface area contributed by atoms with E-state index in [1.165, 1.54) is 0 Å². The number of nitriles is 1. The number of nitrogens with zero attached hydrogens (tertiary/aromatic N) is 4. The lowest BCUT2D eigenvalue weighted by Crippen LogP contribution is -2.23. The summed E-state index contributed by atoms with van der Waals surface area (Å²) in [5, 5.41) is 9.15. The zero-order chi connectivity index (χ0) is 14.0. The van der Waals surface area contributed by atoms with Gasteiger partial charge in [0.2, 0.25) is 0 Å².